The molecule has 6 heteroatoms. The summed E-state index contributed by atoms with van der Waals surface area (Å²) in [5.74, 6) is 1.27. The van der Waals surface area contributed by atoms with Crippen LogP contribution in [0.2, 0.25) is 0 Å². The predicted molar refractivity (Wildman–Crippen MR) is 116 cm³/mol. The van der Waals surface area contributed by atoms with Gasteiger partial charge in [0.05, 0.1) is 18.3 Å². The summed E-state index contributed by atoms with van der Waals surface area (Å²) in [5, 5.41) is 6.77. The van der Waals surface area contributed by atoms with Crippen molar-refractivity contribution in [2.45, 2.75) is 26.0 Å². The van der Waals surface area contributed by atoms with Gasteiger partial charge in [0.25, 0.3) is 0 Å². The van der Waals surface area contributed by atoms with Gasteiger partial charge in [-0.2, -0.15) is 0 Å². The van der Waals surface area contributed by atoms with Crippen molar-refractivity contribution in [3.63, 3.8) is 0 Å². The van der Waals surface area contributed by atoms with Crippen LogP contribution in [0.25, 0.3) is 0 Å². The van der Waals surface area contributed by atoms with Crippen LogP contribution in [0.5, 0.6) is 0 Å². The quantitative estimate of drug-likeness (QED) is 0.389. The lowest BCUT2D eigenvalue weighted by atomic mass is 9.95. The van der Waals surface area contributed by atoms with Gasteiger partial charge in [0.15, 0.2) is 5.96 Å². The fraction of sp³-hybridized carbons (Fsp3) is 0.400. The van der Waals surface area contributed by atoms with Crippen LogP contribution in [0.1, 0.15) is 30.7 Å². The number of guanidine groups is 1. The largest absolute Gasteiger partial charge is 0.373 e. The third-order valence-electron chi connectivity index (χ3n) is 4.34. The highest BCUT2D eigenvalue weighted by Crippen LogP contribution is 2.33. The van der Waals surface area contributed by atoms with E-state index in [1.807, 2.05) is 24.3 Å². The molecule has 0 radical (unpaired) electrons. The van der Waals surface area contributed by atoms with E-state index in [1.54, 1.807) is 6.20 Å². The first-order chi connectivity index (χ1) is 12.4. The normalized spacial score (nSPS) is 19.7. The Hall–Kier alpha value is -1.67. The Bertz CT molecular complexity index is 666. The Morgan fingerprint density at radius 1 is 1.15 bits per heavy atom. The molecule has 140 valence electrons. The zero-order chi connectivity index (χ0) is 17.3. The van der Waals surface area contributed by atoms with Gasteiger partial charge in [-0.15, -0.1) is 24.0 Å². The number of hydrogen-bond donors (Lipinski definition) is 2. The highest BCUT2D eigenvalue weighted by molar-refractivity contribution is 14.0. The average Bonchev–Trinajstić information content (AvgIpc) is 3.14. The second-order valence-electron chi connectivity index (χ2n) is 6.15. The molecule has 2 N–H and O–H groups in total. The molecule has 1 aliphatic heterocycles. The number of rotatable bonds is 6. The third kappa shape index (κ3) is 5.95. The summed E-state index contributed by atoms with van der Waals surface area (Å²) in [6.07, 6.45) is 3.02. The number of benzene rings is 1. The molecule has 1 saturated heterocycles. The monoisotopic (exact) mass is 466 g/mol. The summed E-state index contributed by atoms with van der Waals surface area (Å²) < 4.78 is 5.96. The van der Waals surface area contributed by atoms with E-state index in [4.69, 9.17) is 4.74 Å². The molecule has 0 bridgehead atoms. The van der Waals surface area contributed by atoms with E-state index in [9.17, 15) is 0 Å². The maximum absolute atomic E-state index is 5.96. The van der Waals surface area contributed by atoms with Crippen LogP contribution in [0, 0.1) is 5.92 Å². The van der Waals surface area contributed by atoms with E-state index in [2.05, 4.69) is 51.8 Å². The molecule has 26 heavy (non-hydrogen) atoms. The van der Waals surface area contributed by atoms with Gasteiger partial charge in [-0.1, -0.05) is 36.4 Å². The minimum absolute atomic E-state index is 0. The van der Waals surface area contributed by atoms with Crippen molar-refractivity contribution >= 4 is 29.9 Å². The number of ether oxygens (including phenoxy) is 1. The Morgan fingerprint density at radius 3 is 2.69 bits per heavy atom. The van der Waals surface area contributed by atoms with Crippen molar-refractivity contribution in [1.29, 1.82) is 0 Å². The Kier molecular flexibility index (Phi) is 8.84. The first-order valence-corrected chi connectivity index (χ1v) is 8.95. The van der Waals surface area contributed by atoms with Gasteiger partial charge in [0.1, 0.15) is 0 Å². The SMILES string of the molecule is CCNC(=NCc1ccccn1)NCC1CCOC1c1ccccc1.I. The molecule has 1 aromatic carbocycles. The van der Waals surface area contributed by atoms with Crippen LogP contribution in [0.15, 0.2) is 59.7 Å². The van der Waals surface area contributed by atoms with Crippen molar-refractivity contribution in [2.75, 3.05) is 19.7 Å². The number of halogens is 1. The molecule has 2 aromatic rings. The van der Waals surface area contributed by atoms with Crippen LogP contribution in [-0.2, 0) is 11.3 Å². The molecule has 2 heterocycles. The number of nitrogens with zero attached hydrogens (tertiary/aromatic N) is 2. The first kappa shape index (κ1) is 20.6. The Labute approximate surface area is 172 Å². The van der Waals surface area contributed by atoms with E-state index in [1.165, 1.54) is 5.56 Å². The van der Waals surface area contributed by atoms with Gasteiger partial charge in [0, 0.05) is 31.8 Å². The van der Waals surface area contributed by atoms with E-state index >= 15 is 0 Å². The lowest BCUT2D eigenvalue weighted by Crippen LogP contribution is -2.40. The molecule has 1 aliphatic rings. The summed E-state index contributed by atoms with van der Waals surface area (Å²) in [7, 11) is 0. The maximum atomic E-state index is 5.96. The zero-order valence-corrected chi connectivity index (χ0v) is 17.4. The highest BCUT2D eigenvalue weighted by atomic mass is 127. The summed E-state index contributed by atoms with van der Waals surface area (Å²) in [6.45, 7) is 5.13. The zero-order valence-electron chi connectivity index (χ0n) is 15.1. The molecule has 0 saturated carbocycles. The van der Waals surface area contributed by atoms with Gasteiger partial charge >= 0.3 is 0 Å². The minimum Gasteiger partial charge on any atom is -0.373 e. The van der Waals surface area contributed by atoms with Crippen molar-refractivity contribution in [3.8, 4) is 0 Å². The van der Waals surface area contributed by atoms with Crippen molar-refractivity contribution < 1.29 is 4.74 Å². The second kappa shape index (κ2) is 11.1. The van der Waals surface area contributed by atoms with Crippen molar-refractivity contribution in [2.24, 2.45) is 10.9 Å². The van der Waals surface area contributed by atoms with Gasteiger partial charge in [-0.3, -0.25) is 4.98 Å². The number of aliphatic imine (C=N–C) groups is 1. The van der Waals surface area contributed by atoms with Crippen LogP contribution >= 0.6 is 24.0 Å². The summed E-state index contributed by atoms with van der Waals surface area (Å²) in [5.41, 5.74) is 2.22. The topological polar surface area (TPSA) is 58.5 Å². The Balaban J connectivity index is 0.00000243. The third-order valence-corrected chi connectivity index (χ3v) is 4.34. The number of pyridine rings is 1. The predicted octanol–water partition coefficient (Wildman–Crippen LogP) is 3.53. The maximum Gasteiger partial charge on any atom is 0.191 e. The van der Waals surface area contributed by atoms with Crippen LogP contribution in [-0.4, -0.2) is 30.6 Å². The smallest absolute Gasteiger partial charge is 0.191 e. The fourth-order valence-corrected chi connectivity index (χ4v) is 3.08. The van der Waals surface area contributed by atoms with Crippen LogP contribution in [0.3, 0.4) is 0 Å². The molecule has 1 fully saturated rings. The van der Waals surface area contributed by atoms with Crippen molar-refractivity contribution in [1.82, 2.24) is 15.6 Å². The highest BCUT2D eigenvalue weighted by Gasteiger charge is 2.29. The van der Waals surface area contributed by atoms with Crippen molar-refractivity contribution in [3.05, 3.63) is 66.0 Å². The lowest BCUT2D eigenvalue weighted by molar-refractivity contribution is 0.0915. The van der Waals surface area contributed by atoms with Crippen LogP contribution in [0.4, 0.5) is 0 Å². The minimum atomic E-state index is 0. The standard InChI is InChI=1S/C20H26N4O.HI/c1-2-21-20(24-15-18-10-6-7-12-22-18)23-14-17-11-13-25-19(17)16-8-4-3-5-9-16;/h3-10,12,17,19H,2,11,13-15H2,1H3,(H2,21,23,24);1H. The molecule has 2 atom stereocenters. The molecule has 2 unspecified atom stereocenters. The summed E-state index contributed by atoms with van der Waals surface area (Å²) in [4.78, 5) is 8.95. The molecule has 1 aromatic heterocycles. The lowest BCUT2D eigenvalue weighted by Gasteiger charge is -2.20. The van der Waals surface area contributed by atoms with Gasteiger partial charge in [0.2, 0.25) is 0 Å². The van der Waals surface area contributed by atoms with E-state index in [-0.39, 0.29) is 30.1 Å². The molecule has 0 spiro atoms. The molecule has 3 rings (SSSR count). The fourth-order valence-electron chi connectivity index (χ4n) is 3.08. The molecule has 0 aliphatic carbocycles. The van der Waals surface area contributed by atoms with Crippen LogP contribution < -0.4 is 10.6 Å². The Morgan fingerprint density at radius 2 is 1.96 bits per heavy atom. The molecule has 0 amide bonds. The summed E-state index contributed by atoms with van der Waals surface area (Å²) >= 11 is 0. The van der Waals surface area contributed by atoms with E-state index < -0.39 is 0 Å². The molecular formula is C20H27IN4O. The number of hydrogen-bond acceptors (Lipinski definition) is 3. The van der Waals surface area contributed by atoms with E-state index in [0.29, 0.717) is 12.5 Å². The second-order valence-corrected chi connectivity index (χ2v) is 6.15. The first-order valence-electron chi connectivity index (χ1n) is 8.95. The average molecular weight is 466 g/mol. The van der Waals surface area contributed by atoms with Gasteiger partial charge in [-0.05, 0) is 31.0 Å². The van der Waals surface area contributed by atoms with Gasteiger partial charge < -0.3 is 15.4 Å². The summed E-state index contributed by atoms with van der Waals surface area (Å²) in [6, 6.07) is 16.4. The molecular weight excluding hydrogens is 439 g/mol. The molecule has 5 nitrogen and oxygen atoms in total. The van der Waals surface area contributed by atoms with Gasteiger partial charge in [-0.25, -0.2) is 4.99 Å². The van der Waals surface area contributed by atoms with E-state index in [0.717, 1.165) is 37.8 Å². The number of aromatic nitrogens is 1. The number of nitrogens with one attached hydrogen (secondary N) is 2.